The van der Waals surface area contributed by atoms with Crippen LogP contribution >= 0.6 is 0 Å². The Morgan fingerprint density at radius 3 is 2.74 bits per heavy atom. The number of nitrogens with one attached hydrogen (secondary N) is 2. The number of amides is 1. The molecule has 2 aliphatic rings. The Kier molecular flexibility index (Phi) is 7.02. The van der Waals surface area contributed by atoms with Gasteiger partial charge in [-0.25, -0.2) is 0 Å². The van der Waals surface area contributed by atoms with Gasteiger partial charge in [0.2, 0.25) is 0 Å². The van der Waals surface area contributed by atoms with Crippen LogP contribution in [0.2, 0.25) is 0 Å². The number of furan rings is 1. The molecular formula is C27H33N7O4. The number of anilines is 3. The lowest BCUT2D eigenvalue weighted by Gasteiger charge is -2.30. The summed E-state index contributed by atoms with van der Waals surface area (Å²) in [7, 11) is 1.99. The number of aromatic nitrogens is 3. The van der Waals surface area contributed by atoms with E-state index in [9.17, 15) is 4.79 Å². The molecule has 5 heterocycles. The van der Waals surface area contributed by atoms with E-state index in [1.807, 2.05) is 24.1 Å². The third-order valence-electron chi connectivity index (χ3n) is 7.23. The standard InChI is InChI=1S/C27H33N7O4/c1-32(9-10-33-11-13-36-14-12-33)27-31-21-15-22(34-7-3-2-4-8-34)20(16-25(21)38-27)30-26(35)24-6-5-23(37-24)19-17-28-29-18-19/h5-6,15-18H,2-4,7-14H2,1H3,(H,28,29)(H,30,35). The van der Waals surface area contributed by atoms with Crippen molar-refractivity contribution in [3.05, 3.63) is 42.4 Å². The van der Waals surface area contributed by atoms with E-state index >= 15 is 0 Å². The first-order valence-corrected chi connectivity index (χ1v) is 13.3. The molecular weight excluding hydrogens is 486 g/mol. The van der Waals surface area contributed by atoms with E-state index in [2.05, 4.69) is 25.3 Å². The van der Waals surface area contributed by atoms with Crippen LogP contribution < -0.4 is 15.1 Å². The summed E-state index contributed by atoms with van der Waals surface area (Å²) in [5, 5.41) is 9.77. The van der Waals surface area contributed by atoms with E-state index in [-0.39, 0.29) is 11.7 Å². The van der Waals surface area contributed by atoms with Crippen LogP contribution in [0.3, 0.4) is 0 Å². The fourth-order valence-corrected chi connectivity index (χ4v) is 5.01. The summed E-state index contributed by atoms with van der Waals surface area (Å²) in [5.74, 6) is 0.488. The second-order valence-corrected chi connectivity index (χ2v) is 9.86. The van der Waals surface area contributed by atoms with Crippen molar-refractivity contribution < 1.29 is 18.4 Å². The minimum atomic E-state index is -0.320. The summed E-state index contributed by atoms with van der Waals surface area (Å²) < 4.78 is 17.4. The Hall–Kier alpha value is -3.83. The Labute approximate surface area is 220 Å². The number of oxazole rings is 1. The van der Waals surface area contributed by atoms with Gasteiger partial charge in [-0.05, 0) is 37.5 Å². The SMILES string of the molecule is CN(CCN1CCOCC1)c1nc2cc(N3CCCCC3)c(NC(=O)c3ccc(-c4cn[nH]c4)o3)cc2o1. The van der Waals surface area contributed by atoms with Gasteiger partial charge in [-0.15, -0.1) is 0 Å². The van der Waals surface area contributed by atoms with Gasteiger partial charge in [-0.3, -0.25) is 14.8 Å². The second kappa shape index (κ2) is 10.9. The van der Waals surface area contributed by atoms with E-state index < -0.39 is 0 Å². The maximum Gasteiger partial charge on any atom is 0.298 e. The molecule has 0 atom stereocenters. The minimum Gasteiger partial charge on any atom is -0.451 e. The lowest BCUT2D eigenvalue weighted by Crippen LogP contribution is -2.40. The molecule has 4 aromatic rings. The van der Waals surface area contributed by atoms with Crippen LogP contribution in [0.5, 0.6) is 0 Å². The number of H-pyrrole nitrogens is 1. The number of piperidine rings is 1. The summed E-state index contributed by atoms with van der Waals surface area (Å²) >= 11 is 0. The van der Waals surface area contributed by atoms with E-state index in [4.69, 9.17) is 18.6 Å². The molecule has 0 saturated carbocycles. The van der Waals surface area contributed by atoms with Crippen LogP contribution in [-0.4, -0.2) is 85.5 Å². The molecule has 0 aliphatic carbocycles. The molecule has 0 radical (unpaired) electrons. The van der Waals surface area contributed by atoms with Gasteiger partial charge in [-0.1, -0.05) is 0 Å². The Bertz CT molecular complexity index is 1370. The normalized spacial score (nSPS) is 16.7. The number of hydrogen-bond acceptors (Lipinski definition) is 9. The number of carbonyl (C=O) groups excluding carboxylic acids is 1. The van der Waals surface area contributed by atoms with E-state index in [0.717, 1.165) is 82.1 Å². The highest BCUT2D eigenvalue weighted by molar-refractivity contribution is 6.06. The zero-order chi connectivity index (χ0) is 25.9. The number of nitrogens with zero attached hydrogens (tertiary/aromatic N) is 5. The molecule has 3 aromatic heterocycles. The predicted molar refractivity (Wildman–Crippen MR) is 145 cm³/mol. The minimum absolute atomic E-state index is 0.229. The molecule has 2 saturated heterocycles. The highest BCUT2D eigenvalue weighted by atomic mass is 16.5. The van der Waals surface area contributed by atoms with Gasteiger partial charge in [0.15, 0.2) is 11.3 Å². The Morgan fingerprint density at radius 2 is 1.95 bits per heavy atom. The zero-order valence-electron chi connectivity index (χ0n) is 21.6. The zero-order valence-corrected chi connectivity index (χ0v) is 21.6. The lowest BCUT2D eigenvalue weighted by molar-refractivity contribution is 0.0392. The number of fused-ring (bicyclic) bond motifs is 1. The fraction of sp³-hybridized carbons (Fsp3) is 0.444. The summed E-state index contributed by atoms with van der Waals surface area (Å²) in [4.78, 5) is 24.7. The van der Waals surface area contributed by atoms with Gasteiger partial charge in [-0.2, -0.15) is 10.1 Å². The van der Waals surface area contributed by atoms with Gasteiger partial charge in [0.25, 0.3) is 11.9 Å². The van der Waals surface area contributed by atoms with Crippen LogP contribution in [0.15, 0.2) is 45.5 Å². The van der Waals surface area contributed by atoms with Crippen LogP contribution in [-0.2, 0) is 4.74 Å². The molecule has 38 heavy (non-hydrogen) atoms. The largest absolute Gasteiger partial charge is 0.451 e. The third kappa shape index (κ3) is 5.25. The first-order chi connectivity index (χ1) is 18.6. The summed E-state index contributed by atoms with van der Waals surface area (Å²) in [6, 6.07) is 7.91. The van der Waals surface area contributed by atoms with Gasteiger partial charge in [0.05, 0.1) is 36.3 Å². The highest BCUT2D eigenvalue weighted by Crippen LogP contribution is 2.35. The average molecular weight is 520 g/mol. The van der Waals surface area contributed by atoms with Crippen LogP contribution in [0.1, 0.15) is 29.8 Å². The Balaban J connectivity index is 1.24. The average Bonchev–Trinajstić information content (AvgIpc) is 3.73. The maximum absolute atomic E-state index is 13.2. The summed E-state index contributed by atoms with van der Waals surface area (Å²) in [6.07, 6.45) is 6.83. The van der Waals surface area contributed by atoms with Crippen molar-refractivity contribution in [2.75, 3.05) is 74.6 Å². The topological polar surface area (TPSA) is 116 Å². The van der Waals surface area contributed by atoms with Crippen molar-refractivity contribution >= 4 is 34.4 Å². The number of hydrogen-bond donors (Lipinski definition) is 2. The van der Waals surface area contributed by atoms with Crippen molar-refractivity contribution in [1.82, 2.24) is 20.1 Å². The van der Waals surface area contributed by atoms with E-state index in [0.29, 0.717) is 23.0 Å². The van der Waals surface area contributed by atoms with Crippen molar-refractivity contribution in [3.63, 3.8) is 0 Å². The number of benzene rings is 1. The molecule has 1 aromatic carbocycles. The first-order valence-electron chi connectivity index (χ1n) is 13.3. The van der Waals surface area contributed by atoms with Crippen LogP contribution in [0.25, 0.3) is 22.4 Å². The van der Waals surface area contributed by atoms with Crippen molar-refractivity contribution in [2.45, 2.75) is 19.3 Å². The number of aromatic amines is 1. The molecule has 1 amide bonds. The van der Waals surface area contributed by atoms with Crippen LogP contribution in [0.4, 0.5) is 17.4 Å². The molecule has 6 rings (SSSR count). The molecule has 11 nitrogen and oxygen atoms in total. The monoisotopic (exact) mass is 519 g/mol. The number of carbonyl (C=O) groups is 1. The third-order valence-corrected chi connectivity index (χ3v) is 7.23. The molecule has 2 fully saturated rings. The summed E-state index contributed by atoms with van der Waals surface area (Å²) in [5.41, 5.74) is 3.82. The molecule has 0 unspecified atom stereocenters. The first kappa shape index (κ1) is 24.5. The predicted octanol–water partition coefficient (Wildman–Crippen LogP) is 3.82. The number of likely N-dealkylation sites (N-methyl/N-ethyl adjacent to an activating group) is 1. The molecule has 200 valence electrons. The van der Waals surface area contributed by atoms with Gasteiger partial charge >= 0.3 is 0 Å². The molecule has 11 heteroatoms. The number of morpholine rings is 1. The molecule has 0 bridgehead atoms. The molecule has 0 spiro atoms. The summed E-state index contributed by atoms with van der Waals surface area (Å²) in [6.45, 7) is 7.04. The Morgan fingerprint density at radius 1 is 1.11 bits per heavy atom. The van der Waals surface area contributed by atoms with Gasteiger partial charge in [0, 0.05) is 58.6 Å². The van der Waals surface area contributed by atoms with E-state index in [1.54, 1.807) is 24.5 Å². The lowest BCUT2D eigenvalue weighted by atomic mass is 10.1. The van der Waals surface area contributed by atoms with E-state index in [1.165, 1.54) is 6.42 Å². The van der Waals surface area contributed by atoms with Gasteiger partial charge < -0.3 is 28.7 Å². The highest BCUT2D eigenvalue weighted by Gasteiger charge is 2.22. The van der Waals surface area contributed by atoms with Crippen molar-refractivity contribution in [2.24, 2.45) is 0 Å². The smallest absolute Gasteiger partial charge is 0.298 e. The molecule has 2 N–H and O–H groups in total. The quantitative estimate of drug-likeness (QED) is 0.358. The van der Waals surface area contributed by atoms with Crippen molar-refractivity contribution in [3.8, 4) is 11.3 Å². The number of ether oxygens (including phenoxy) is 1. The number of rotatable bonds is 8. The second-order valence-electron chi connectivity index (χ2n) is 9.86. The maximum atomic E-state index is 13.2. The van der Waals surface area contributed by atoms with Gasteiger partial charge in [0.1, 0.15) is 11.3 Å². The fourth-order valence-electron chi connectivity index (χ4n) is 5.01. The van der Waals surface area contributed by atoms with Crippen molar-refractivity contribution in [1.29, 1.82) is 0 Å². The van der Waals surface area contributed by atoms with Crippen LogP contribution in [0, 0.1) is 0 Å². The molecule has 2 aliphatic heterocycles.